The third-order valence-electron chi connectivity index (χ3n) is 4.15. The number of benzene rings is 2. The van der Waals surface area contributed by atoms with Crippen LogP contribution >= 0.6 is 11.6 Å². The maximum atomic E-state index is 12.1. The van der Waals surface area contributed by atoms with Gasteiger partial charge in [0.25, 0.3) is 0 Å². The molecule has 0 N–H and O–H groups in total. The highest BCUT2D eigenvalue weighted by Gasteiger charge is 2.11. The Morgan fingerprint density at radius 3 is 2.56 bits per heavy atom. The first-order valence-corrected chi connectivity index (χ1v) is 8.35. The van der Waals surface area contributed by atoms with Gasteiger partial charge in [0.05, 0.1) is 0 Å². The number of ether oxygens (including phenoxy) is 1. The summed E-state index contributed by atoms with van der Waals surface area (Å²) in [7, 11) is 0. The van der Waals surface area contributed by atoms with Crippen molar-refractivity contribution in [3.63, 3.8) is 0 Å². The van der Waals surface area contributed by atoms with Crippen molar-refractivity contribution in [2.75, 3.05) is 6.61 Å². The fourth-order valence-electron chi connectivity index (χ4n) is 2.74. The number of rotatable bonds is 5. The summed E-state index contributed by atoms with van der Waals surface area (Å²) in [5, 5.41) is 1.44. The SMILES string of the molecule is CCc1c(C)c2ccc(OCC(=O)c3ccc(Cl)cc3)cc2oc1=O. The molecule has 0 bridgehead atoms. The van der Waals surface area contributed by atoms with Crippen LogP contribution in [-0.4, -0.2) is 12.4 Å². The molecule has 0 saturated carbocycles. The van der Waals surface area contributed by atoms with Crippen molar-refractivity contribution in [2.24, 2.45) is 0 Å². The maximum absolute atomic E-state index is 12.1. The number of carbonyl (C=O) groups is 1. The first-order valence-electron chi connectivity index (χ1n) is 7.97. The van der Waals surface area contributed by atoms with Gasteiger partial charge in [-0.15, -0.1) is 0 Å². The lowest BCUT2D eigenvalue weighted by molar-refractivity contribution is 0.0921. The maximum Gasteiger partial charge on any atom is 0.339 e. The van der Waals surface area contributed by atoms with E-state index in [2.05, 4.69) is 0 Å². The molecule has 0 spiro atoms. The van der Waals surface area contributed by atoms with Crippen molar-refractivity contribution < 1.29 is 13.9 Å². The minimum Gasteiger partial charge on any atom is -0.485 e. The fraction of sp³-hybridized carbons (Fsp3) is 0.200. The van der Waals surface area contributed by atoms with Gasteiger partial charge in [-0.05, 0) is 55.3 Å². The van der Waals surface area contributed by atoms with Crippen LogP contribution in [0, 0.1) is 6.92 Å². The molecule has 3 aromatic rings. The van der Waals surface area contributed by atoms with Gasteiger partial charge in [0.15, 0.2) is 12.4 Å². The van der Waals surface area contributed by atoms with E-state index in [4.69, 9.17) is 20.8 Å². The van der Waals surface area contributed by atoms with E-state index in [1.165, 1.54) is 0 Å². The van der Waals surface area contributed by atoms with Gasteiger partial charge < -0.3 is 9.15 Å². The van der Waals surface area contributed by atoms with E-state index in [1.54, 1.807) is 36.4 Å². The van der Waals surface area contributed by atoms with Gasteiger partial charge in [0.1, 0.15) is 11.3 Å². The van der Waals surface area contributed by atoms with Gasteiger partial charge in [-0.25, -0.2) is 4.79 Å². The summed E-state index contributed by atoms with van der Waals surface area (Å²) >= 11 is 5.81. The highest BCUT2D eigenvalue weighted by molar-refractivity contribution is 6.30. The summed E-state index contributed by atoms with van der Waals surface area (Å²) in [5.74, 6) is 0.317. The molecule has 0 unspecified atom stereocenters. The molecule has 0 radical (unpaired) electrons. The zero-order valence-corrected chi connectivity index (χ0v) is 14.7. The van der Waals surface area contributed by atoms with Crippen molar-refractivity contribution in [3.05, 3.63) is 74.6 Å². The average molecular weight is 357 g/mol. The molecule has 1 heterocycles. The Bertz CT molecular complexity index is 987. The lowest BCUT2D eigenvalue weighted by atomic mass is 10.0. The van der Waals surface area contributed by atoms with Crippen LogP contribution in [0.15, 0.2) is 51.7 Å². The van der Waals surface area contributed by atoms with Crippen LogP contribution in [0.3, 0.4) is 0 Å². The molecule has 0 aliphatic heterocycles. The lowest BCUT2D eigenvalue weighted by Crippen LogP contribution is -2.12. The van der Waals surface area contributed by atoms with E-state index in [0.29, 0.717) is 33.9 Å². The Morgan fingerprint density at radius 2 is 1.88 bits per heavy atom. The highest BCUT2D eigenvalue weighted by atomic mass is 35.5. The van der Waals surface area contributed by atoms with E-state index in [-0.39, 0.29) is 18.0 Å². The van der Waals surface area contributed by atoms with Crippen LogP contribution in [0.5, 0.6) is 5.75 Å². The topological polar surface area (TPSA) is 56.5 Å². The third-order valence-corrected chi connectivity index (χ3v) is 4.40. The molecule has 0 aliphatic carbocycles. The summed E-state index contributed by atoms with van der Waals surface area (Å²) < 4.78 is 10.9. The lowest BCUT2D eigenvalue weighted by Gasteiger charge is -2.09. The predicted octanol–water partition coefficient (Wildman–Crippen LogP) is 4.58. The molecule has 0 amide bonds. The molecule has 128 valence electrons. The summed E-state index contributed by atoms with van der Waals surface area (Å²) in [6.45, 7) is 3.72. The van der Waals surface area contributed by atoms with Crippen LogP contribution in [0.25, 0.3) is 11.0 Å². The molecule has 25 heavy (non-hydrogen) atoms. The molecule has 1 aromatic heterocycles. The Labute approximate surface area is 150 Å². The van der Waals surface area contributed by atoms with Crippen molar-refractivity contribution in [3.8, 4) is 5.75 Å². The van der Waals surface area contributed by atoms with E-state index >= 15 is 0 Å². The number of carbonyl (C=O) groups excluding carboxylic acids is 1. The van der Waals surface area contributed by atoms with Crippen LogP contribution in [0.4, 0.5) is 0 Å². The van der Waals surface area contributed by atoms with Gasteiger partial charge in [-0.2, -0.15) is 0 Å². The number of ketones is 1. The molecule has 0 atom stereocenters. The Kier molecular flexibility index (Phi) is 4.91. The van der Waals surface area contributed by atoms with Gasteiger partial charge in [0.2, 0.25) is 0 Å². The summed E-state index contributed by atoms with van der Waals surface area (Å²) in [6.07, 6.45) is 0.623. The van der Waals surface area contributed by atoms with Crippen LogP contribution in [-0.2, 0) is 6.42 Å². The number of halogens is 1. The predicted molar refractivity (Wildman–Crippen MR) is 97.9 cm³/mol. The molecule has 0 saturated heterocycles. The number of hydrogen-bond acceptors (Lipinski definition) is 4. The standard InChI is InChI=1S/C20H17ClO4/c1-3-16-12(2)17-9-8-15(10-19(17)25-20(16)23)24-11-18(22)13-4-6-14(21)7-5-13/h4-10H,3,11H2,1-2H3. The Hall–Kier alpha value is -2.59. The highest BCUT2D eigenvalue weighted by Crippen LogP contribution is 2.24. The average Bonchev–Trinajstić information content (AvgIpc) is 2.60. The van der Waals surface area contributed by atoms with E-state index < -0.39 is 0 Å². The van der Waals surface area contributed by atoms with E-state index in [0.717, 1.165) is 10.9 Å². The molecule has 5 heteroatoms. The second-order valence-electron chi connectivity index (χ2n) is 5.72. The van der Waals surface area contributed by atoms with E-state index in [1.807, 2.05) is 19.9 Å². The van der Waals surface area contributed by atoms with Crippen LogP contribution in [0.2, 0.25) is 5.02 Å². The minimum atomic E-state index is -0.332. The molecular weight excluding hydrogens is 340 g/mol. The Morgan fingerprint density at radius 1 is 1.16 bits per heavy atom. The molecule has 2 aromatic carbocycles. The van der Waals surface area contributed by atoms with Crippen LogP contribution in [0.1, 0.15) is 28.4 Å². The van der Waals surface area contributed by atoms with Gasteiger partial charge in [-0.3, -0.25) is 4.79 Å². The van der Waals surface area contributed by atoms with Crippen molar-refractivity contribution in [1.82, 2.24) is 0 Å². The van der Waals surface area contributed by atoms with Gasteiger partial charge in [0, 0.05) is 27.6 Å². The minimum absolute atomic E-state index is 0.108. The molecule has 4 nitrogen and oxygen atoms in total. The molecule has 0 fully saturated rings. The van der Waals surface area contributed by atoms with Gasteiger partial charge in [-0.1, -0.05) is 18.5 Å². The second-order valence-corrected chi connectivity index (χ2v) is 6.16. The Balaban J connectivity index is 1.81. The zero-order chi connectivity index (χ0) is 18.0. The normalized spacial score (nSPS) is 10.8. The largest absolute Gasteiger partial charge is 0.485 e. The number of fused-ring (bicyclic) bond motifs is 1. The summed E-state index contributed by atoms with van der Waals surface area (Å²) in [5.41, 5.74) is 2.25. The molecule has 3 rings (SSSR count). The smallest absolute Gasteiger partial charge is 0.339 e. The third kappa shape index (κ3) is 3.59. The van der Waals surface area contributed by atoms with Crippen molar-refractivity contribution in [2.45, 2.75) is 20.3 Å². The number of hydrogen-bond donors (Lipinski definition) is 0. The van der Waals surface area contributed by atoms with Gasteiger partial charge >= 0.3 is 5.63 Å². The monoisotopic (exact) mass is 356 g/mol. The van der Waals surface area contributed by atoms with Crippen LogP contribution < -0.4 is 10.4 Å². The summed E-state index contributed by atoms with van der Waals surface area (Å²) in [4.78, 5) is 24.1. The van der Waals surface area contributed by atoms with E-state index in [9.17, 15) is 9.59 Å². The molecular formula is C20H17ClO4. The summed E-state index contributed by atoms with van der Waals surface area (Å²) in [6, 6.07) is 11.9. The second kappa shape index (κ2) is 7.11. The molecule has 0 aliphatic rings. The quantitative estimate of drug-likeness (QED) is 0.496. The number of aryl methyl sites for hydroxylation is 1. The first kappa shape index (κ1) is 17.2. The van der Waals surface area contributed by atoms with Crippen molar-refractivity contribution in [1.29, 1.82) is 0 Å². The first-order chi connectivity index (χ1) is 12.0. The number of Topliss-reactive ketones (excluding diaryl/α,β-unsaturated/α-hetero) is 1. The fourth-order valence-corrected chi connectivity index (χ4v) is 2.87. The zero-order valence-electron chi connectivity index (χ0n) is 14.0. The van der Waals surface area contributed by atoms with Crippen molar-refractivity contribution >= 4 is 28.4 Å².